The normalized spacial score (nSPS) is 14.6. The lowest BCUT2D eigenvalue weighted by Crippen LogP contribution is -2.34. The molecule has 9 heteroatoms. The average molecular weight is 364 g/mol. The molecule has 0 aliphatic carbocycles. The number of halogens is 3. The molecule has 0 unspecified atom stereocenters. The van der Waals surface area contributed by atoms with Crippen LogP contribution in [0.5, 0.6) is 0 Å². The summed E-state index contributed by atoms with van der Waals surface area (Å²) in [6.45, 7) is 1.69. The van der Waals surface area contributed by atoms with Gasteiger partial charge in [0.2, 0.25) is 10.0 Å². The van der Waals surface area contributed by atoms with Gasteiger partial charge in [-0.25, -0.2) is 8.42 Å². The van der Waals surface area contributed by atoms with Gasteiger partial charge >= 0.3 is 6.18 Å². The van der Waals surface area contributed by atoms with Gasteiger partial charge in [-0.05, 0) is 37.1 Å². The zero-order valence-electron chi connectivity index (χ0n) is 13.4. The van der Waals surface area contributed by atoms with Crippen molar-refractivity contribution in [3.63, 3.8) is 0 Å². The molecule has 1 aliphatic rings. The van der Waals surface area contributed by atoms with E-state index in [1.54, 1.807) is 13.0 Å². The molecule has 1 aliphatic heterocycles. The molecule has 0 atom stereocenters. The Bertz CT molecular complexity index is 732. The molecule has 1 aromatic carbocycles. The second-order valence-electron chi connectivity index (χ2n) is 5.68. The zero-order valence-corrected chi connectivity index (χ0v) is 14.2. The minimum absolute atomic E-state index is 0.168. The molecule has 1 amide bonds. The molecular formula is C15H19F3N2O3S. The van der Waals surface area contributed by atoms with Gasteiger partial charge in [0.1, 0.15) is 0 Å². The van der Waals surface area contributed by atoms with Gasteiger partial charge in [-0.1, -0.05) is 0 Å². The van der Waals surface area contributed by atoms with Crippen LogP contribution in [-0.4, -0.2) is 51.3 Å². The summed E-state index contributed by atoms with van der Waals surface area (Å²) in [5.74, 6) is -0.484. The SMILES string of the molecule is CCN(CCC(F)(F)F)C(=O)c1ccc2c(c1)CCN2S(C)(=O)=O. The quantitative estimate of drug-likeness (QED) is 0.806. The fourth-order valence-electron chi connectivity index (χ4n) is 2.70. The van der Waals surface area contributed by atoms with Crippen LogP contribution in [0.4, 0.5) is 18.9 Å². The summed E-state index contributed by atoms with van der Waals surface area (Å²) in [5.41, 5.74) is 1.50. The molecule has 0 bridgehead atoms. The largest absolute Gasteiger partial charge is 0.390 e. The van der Waals surface area contributed by atoms with Crippen molar-refractivity contribution in [2.24, 2.45) is 0 Å². The first kappa shape index (κ1) is 18.6. The lowest BCUT2D eigenvalue weighted by molar-refractivity contribution is -0.136. The highest BCUT2D eigenvalue weighted by Gasteiger charge is 2.30. The van der Waals surface area contributed by atoms with Crippen molar-refractivity contribution in [3.8, 4) is 0 Å². The number of fused-ring (bicyclic) bond motifs is 1. The van der Waals surface area contributed by atoms with Crippen LogP contribution in [0, 0.1) is 0 Å². The van der Waals surface area contributed by atoms with E-state index in [1.807, 2.05) is 0 Å². The highest BCUT2D eigenvalue weighted by molar-refractivity contribution is 7.92. The molecule has 0 saturated heterocycles. The molecule has 5 nitrogen and oxygen atoms in total. The molecule has 0 spiro atoms. The second-order valence-corrected chi connectivity index (χ2v) is 7.59. The summed E-state index contributed by atoms with van der Waals surface area (Å²) in [5, 5.41) is 0. The monoisotopic (exact) mass is 364 g/mol. The van der Waals surface area contributed by atoms with Crippen molar-refractivity contribution in [3.05, 3.63) is 29.3 Å². The van der Waals surface area contributed by atoms with Gasteiger partial charge in [0.05, 0.1) is 18.4 Å². The maximum atomic E-state index is 12.4. The van der Waals surface area contributed by atoms with Gasteiger partial charge in [0.25, 0.3) is 5.91 Å². The first-order valence-corrected chi connectivity index (χ1v) is 9.34. The lowest BCUT2D eigenvalue weighted by Gasteiger charge is -2.22. The number of hydrogen-bond donors (Lipinski definition) is 0. The number of carbonyl (C=O) groups excluding carboxylic acids is 1. The van der Waals surface area contributed by atoms with E-state index in [0.29, 0.717) is 24.2 Å². The Morgan fingerprint density at radius 1 is 1.33 bits per heavy atom. The summed E-state index contributed by atoms with van der Waals surface area (Å²) >= 11 is 0. The van der Waals surface area contributed by atoms with Crippen LogP contribution < -0.4 is 4.31 Å². The highest BCUT2D eigenvalue weighted by Crippen LogP contribution is 2.31. The lowest BCUT2D eigenvalue weighted by atomic mass is 10.1. The van der Waals surface area contributed by atoms with Crippen LogP contribution in [-0.2, 0) is 16.4 Å². The number of amides is 1. The Kier molecular flexibility index (Phi) is 5.12. The number of anilines is 1. The van der Waals surface area contributed by atoms with Crippen LogP contribution in [0.1, 0.15) is 29.3 Å². The summed E-state index contributed by atoms with van der Waals surface area (Å²) in [4.78, 5) is 13.5. The molecule has 0 fully saturated rings. The smallest absolute Gasteiger partial charge is 0.339 e. The summed E-state index contributed by atoms with van der Waals surface area (Å²) < 4.78 is 61.7. The maximum Gasteiger partial charge on any atom is 0.390 e. The van der Waals surface area contributed by atoms with E-state index in [4.69, 9.17) is 0 Å². The van der Waals surface area contributed by atoms with Crippen molar-refractivity contribution in [1.82, 2.24) is 4.90 Å². The molecule has 0 radical (unpaired) electrons. The molecule has 0 aromatic heterocycles. The van der Waals surface area contributed by atoms with Crippen molar-refractivity contribution < 1.29 is 26.4 Å². The number of sulfonamides is 1. The molecule has 134 valence electrons. The Balaban J connectivity index is 2.20. The summed E-state index contributed by atoms with van der Waals surface area (Å²) in [7, 11) is -3.38. The number of rotatable bonds is 5. The van der Waals surface area contributed by atoms with Crippen LogP contribution in [0.2, 0.25) is 0 Å². The van der Waals surface area contributed by atoms with Crippen LogP contribution in [0.15, 0.2) is 18.2 Å². The van der Waals surface area contributed by atoms with Gasteiger partial charge in [-0.15, -0.1) is 0 Å². The van der Waals surface area contributed by atoms with Gasteiger partial charge in [-0.2, -0.15) is 13.2 Å². The number of hydrogen-bond acceptors (Lipinski definition) is 3. The van der Waals surface area contributed by atoms with Crippen molar-refractivity contribution >= 4 is 21.6 Å². The molecule has 2 rings (SSSR count). The first-order valence-electron chi connectivity index (χ1n) is 7.49. The van der Waals surface area contributed by atoms with Crippen LogP contribution in [0.3, 0.4) is 0 Å². The fraction of sp³-hybridized carbons (Fsp3) is 0.533. The third-order valence-electron chi connectivity index (χ3n) is 3.91. The summed E-state index contributed by atoms with van der Waals surface area (Å²) in [6, 6.07) is 4.56. The number of alkyl halides is 3. The third kappa shape index (κ3) is 4.19. The zero-order chi connectivity index (χ0) is 18.1. The number of nitrogens with zero attached hydrogens (tertiary/aromatic N) is 2. The van der Waals surface area contributed by atoms with Gasteiger partial charge in [-0.3, -0.25) is 9.10 Å². The topological polar surface area (TPSA) is 57.7 Å². The minimum atomic E-state index is -4.32. The molecule has 0 saturated carbocycles. The van der Waals surface area contributed by atoms with Gasteiger partial charge < -0.3 is 4.90 Å². The van der Waals surface area contributed by atoms with Crippen molar-refractivity contribution in [1.29, 1.82) is 0 Å². The van der Waals surface area contributed by atoms with Gasteiger partial charge in [0.15, 0.2) is 0 Å². The Morgan fingerprint density at radius 2 is 2.00 bits per heavy atom. The van der Waals surface area contributed by atoms with E-state index in [1.165, 1.54) is 16.4 Å². The summed E-state index contributed by atoms with van der Waals surface area (Å²) in [6.07, 6.45) is -3.80. The average Bonchev–Trinajstić information content (AvgIpc) is 2.89. The van der Waals surface area contributed by atoms with E-state index in [2.05, 4.69) is 0 Å². The van der Waals surface area contributed by atoms with E-state index in [-0.39, 0.29) is 12.1 Å². The highest BCUT2D eigenvalue weighted by atomic mass is 32.2. The molecular weight excluding hydrogens is 345 g/mol. The number of carbonyl (C=O) groups is 1. The van der Waals surface area contributed by atoms with E-state index >= 15 is 0 Å². The Morgan fingerprint density at radius 3 is 2.54 bits per heavy atom. The van der Waals surface area contributed by atoms with E-state index in [0.717, 1.165) is 11.2 Å². The van der Waals surface area contributed by atoms with Gasteiger partial charge in [0, 0.05) is 25.2 Å². The first-order chi connectivity index (χ1) is 11.0. The Labute approximate surface area is 139 Å². The fourth-order valence-corrected chi connectivity index (χ4v) is 3.65. The standard InChI is InChI=1S/C15H19F3N2O3S/c1-3-19(9-7-15(16,17)18)14(21)12-4-5-13-11(10-12)6-8-20(13)24(2,22)23/h4-5,10H,3,6-9H2,1-2H3. The van der Waals surface area contributed by atoms with Crippen molar-refractivity contribution in [2.75, 3.05) is 30.2 Å². The van der Waals surface area contributed by atoms with E-state index < -0.39 is 35.1 Å². The van der Waals surface area contributed by atoms with E-state index in [9.17, 15) is 26.4 Å². The van der Waals surface area contributed by atoms with Crippen LogP contribution >= 0.6 is 0 Å². The molecule has 1 aromatic rings. The Hall–Kier alpha value is -1.77. The maximum absolute atomic E-state index is 12.4. The molecule has 1 heterocycles. The molecule has 24 heavy (non-hydrogen) atoms. The second kappa shape index (κ2) is 6.62. The molecule has 0 N–H and O–H groups in total. The predicted octanol–water partition coefficient (Wildman–Crippen LogP) is 2.42. The predicted molar refractivity (Wildman–Crippen MR) is 84.6 cm³/mol. The number of benzene rings is 1. The van der Waals surface area contributed by atoms with Crippen molar-refractivity contribution in [2.45, 2.75) is 25.9 Å². The minimum Gasteiger partial charge on any atom is -0.339 e. The third-order valence-corrected chi connectivity index (χ3v) is 5.09. The van der Waals surface area contributed by atoms with Crippen LogP contribution in [0.25, 0.3) is 0 Å².